The fourth-order valence-electron chi connectivity index (χ4n) is 2.78. The second-order valence-corrected chi connectivity index (χ2v) is 5.13. The second-order valence-electron chi connectivity index (χ2n) is 5.13. The lowest BCUT2D eigenvalue weighted by Crippen LogP contribution is -2.58. The Kier molecular flexibility index (Phi) is 3.48. The zero-order chi connectivity index (χ0) is 13.2. The fraction of sp³-hybridized carbons (Fsp3) is 0.571. The quantitative estimate of drug-likeness (QED) is 0.817. The van der Waals surface area contributed by atoms with Crippen molar-refractivity contribution in [3.8, 4) is 11.5 Å². The van der Waals surface area contributed by atoms with Gasteiger partial charge in [0.2, 0.25) is 0 Å². The first kappa shape index (κ1) is 12.6. The number of hydrogen-bond donors (Lipinski definition) is 2. The lowest BCUT2D eigenvalue weighted by molar-refractivity contribution is 0.171. The summed E-state index contributed by atoms with van der Waals surface area (Å²) in [5, 5.41) is 3.40. The summed E-state index contributed by atoms with van der Waals surface area (Å²) in [7, 11) is 0. The van der Waals surface area contributed by atoms with Crippen LogP contribution in [-0.4, -0.2) is 44.9 Å². The van der Waals surface area contributed by atoms with E-state index in [1.807, 2.05) is 12.1 Å². The molecule has 0 aromatic heterocycles. The number of nitrogens with one attached hydrogen (secondary N) is 1. The van der Waals surface area contributed by atoms with Crippen LogP contribution in [0.15, 0.2) is 18.2 Å². The highest BCUT2D eigenvalue weighted by Crippen LogP contribution is 2.40. The Bertz CT molecular complexity index is 450. The number of benzene rings is 1. The topological polar surface area (TPSA) is 59.8 Å². The molecule has 2 atom stereocenters. The molecule has 1 aromatic rings. The van der Waals surface area contributed by atoms with Crippen molar-refractivity contribution in [3.05, 3.63) is 18.2 Å². The Morgan fingerprint density at radius 3 is 3.05 bits per heavy atom. The molecule has 0 aliphatic carbocycles. The summed E-state index contributed by atoms with van der Waals surface area (Å²) >= 11 is 0. The van der Waals surface area contributed by atoms with Gasteiger partial charge in [-0.1, -0.05) is 6.07 Å². The van der Waals surface area contributed by atoms with Gasteiger partial charge < -0.3 is 25.4 Å². The SMILES string of the molecule is CC(N)C1CNCCN1c1cccc2c1OCCO2. The van der Waals surface area contributed by atoms with Crippen LogP contribution in [0.3, 0.4) is 0 Å². The highest BCUT2D eigenvalue weighted by atomic mass is 16.6. The van der Waals surface area contributed by atoms with Gasteiger partial charge in [0.15, 0.2) is 11.5 Å². The van der Waals surface area contributed by atoms with Crippen LogP contribution >= 0.6 is 0 Å². The minimum atomic E-state index is 0.105. The van der Waals surface area contributed by atoms with Crippen molar-refractivity contribution in [2.75, 3.05) is 37.7 Å². The lowest BCUT2D eigenvalue weighted by Gasteiger charge is -2.41. The molecule has 104 valence electrons. The number of para-hydroxylation sites is 1. The van der Waals surface area contributed by atoms with Crippen LogP contribution < -0.4 is 25.4 Å². The molecule has 3 rings (SSSR count). The Labute approximate surface area is 113 Å². The van der Waals surface area contributed by atoms with E-state index >= 15 is 0 Å². The van der Waals surface area contributed by atoms with Crippen molar-refractivity contribution in [2.45, 2.75) is 19.0 Å². The molecule has 0 saturated carbocycles. The molecule has 3 N–H and O–H groups in total. The first-order chi connectivity index (χ1) is 9.27. The van der Waals surface area contributed by atoms with Gasteiger partial charge in [-0.3, -0.25) is 0 Å². The van der Waals surface area contributed by atoms with Gasteiger partial charge in [-0.05, 0) is 19.1 Å². The first-order valence-electron chi connectivity index (χ1n) is 6.89. The lowest BCUT2D eigenvalue weighted by atomic mass is 10.0. The highest BCUT2D eigenvalue weighted by Gasteiger charge is 2.29. The van der Waals surface area contributed by atoms with Crippen LogP contribution in [0.2, 0.25) is 0 Å². The van der Waals surface area contributed by atoms with Gasteiger partial charge in [0.25, 0.3) is 0 Å². The van der Waals surface area contributed by atoms with Crippen LogP contribution in [0, 0.1) is 0 Å². The highest BCUT2D eigenvalue weighted by molar-refractivity contribution is 5.66. The molecule has 1 fully saturated rings. The van der Waals surface area contributed by atoms with Gasteiger partial charge in [0, 0.05) is 25.7 Å². The molecule has 0 spiro atoms. The van der Waals surface area contributed by atoms with Crippen molar-refractivity contribution in [1.82, 2.24) is 5.32 Å². The van der Waals surface area contributed by atoms with E-state index in [2.05, 4.69) is 23.2 Å². The van der Waals surface area contributed by atoms with Gasteiger partial charge in [-0.15, -0.1) is 0 Å². The molecule has 0 radical (unpaired) electrons. The minimum Gasteiger partial charge on any atom is -0.486 e. The predicted molar refractivity (Wildman–Crippen MR) is 75.1 cm³/mol. The van der Waals surface area contributed by atoms with Gasteiger partial charge >= 0.3 is 0 Å². The smallest absolute Gasteiger partial charge is 0.184 e. The number of anilines is 1. The van der Waals surface area contributed by atoms with Crippen LogP contribution in [0.5, 0.6) is 11.5 Å². The van der Waals surface area contributed by atoms with Crippen molar-refractivity contribution < 1.29 is 9.47 Å². The summed E-state index contributed by atoms with van der Waals surface area (Å²) in [5.74, 6) is 1.70. The molecular formula is C14H21N3O2. The maximum atomic E-state index is 6.12. The molecule has 1 saturated heterocycles. The monoisotopic (exact) mass is 263 g/mol. The van der Waals surface area contributed by atoms with E-state index in [-0.39, 0.29) is 12.1 Å². The van der Waals surface area contributed by atoms with E-state index in [4.69, 9.17) is 15.2 Å². The van der Waals surface area contributed by atoms with Crippen molar-refractivity contribution in [3.63, 3.8) is 0 Å². The van der Waals surface area contributed by atoms with Gasteiger partial charge in [-0.25, -0.2) is 0 Å². The molecule has 2 heterocycles. The molecule has 5 heteroatoms. The third-order valence-corrected chi connectivity index (χ3v) is 3.75. The number of rotatable bonds is 2. The third-order valence-electron chi connectivity index (χ3n) is 3.75. The van der Waals surface area contributed by atoms with E-state index < -0.39 is 0 Å². The largest absolute Gasteiger partial charge is 0.486 e. The number of nitrogens with zero attached hydrogens (tertiary/aromatic N) is 1. The zero-order valence-electron chi connectivity index (χ0n) is 11.3. The zero-order valence-corrected chi connectivity index (χ0v) is 11.3. The fourth-order valence-corrected chi connectivity index (χ4v) is 2.78. The third kappa shape index (κ3) is 2.35. The van der Waals surface area contributed by atoms with Gasteiger partial charge in [-0.2, -0.15) is 0 Å². The predicted octanol–water partition coefficient (Wildman–Crippen LogP) is 0.583. The van der Waals surface area contributed by atoms with Crippen LogP contribution in [0.1, 0.15) is 6.92 Å². The summed E-state index contributed by atoms with van der Waals surface area (Å²) in [6.07, 6.45) is 0. The van der Waals surface area contributed by atoms with Crippen LogP contribution in [0.4, 0.5) is 5.69 Å². The molecule has 5 nitrogen and oxygen atoms in total. The van der Waals surface area contributed by atoms with E-state index in [0.29, 0.717) is 13.2 Å². The maximum Gasteiger partial charge on any atom is 0.184 e. The molecule has 0 bridgehead atoms. The van der Waals surface area contributed by atoms with Crippen molar-refractivity contribution in [1.29, 1.82) is 0 Å². The summed E-state index contributed by atoms with van der Waals surface area (Å²) in [5.41, 5.74) is 7.22. The Morgan fingerprint density at radius 2 is 2.21 bits per heavy atom. The van der Waals surface area contributed by atoms with E-state index in [1.54, 1.807) is 0 Å². The Hall–Kier alpha value is -1.46. The Balaban J connectivity index is 1.95. The van der Waals surface area contributed by atoms with Crippen molar-refractivity contribution in [2.24, 2.45) is 5.73 Å². The average Bonchev–Trinajstić information content (AvgIpc) is 2.46. The standard InChI is InChI=1S/C14H21N3O2/c1-10(15)12-9-16-5-6-17(12)11-3-2-4-13-14(11)19-8-7-18-13/h2-4,10,12,16H,5-9,15H2,1H3. The van der Waals surface area contributed by atoms with Crippen LogP contribution in [0.25, 0.3) is 0 Å². The molecule has 2 aliphatic heterocycles. The van der Waals surface area contributed by atoms with E-state index in [9.17, 15) is 0 Å². The molecule has 2 aliphatic rings. The summed E-state index contributed by atoms with van der Waals surface area (Å²) in [6, 6.07) is 6.46. The van der Waals surface area contributed by atoms with Crippen molar-refractivity contribution >= 4 is 5.69 Å². The summed E-state index contributed by atoms with van der Waals surface area (Å²) in [6.45, 7) is 6.09. The normalized spacial score (nSPS) is 24.1. The molecule has 19 heavy (non-hydrogen) atoms. The summed E-state index contributed by atoms with van der Waals surface area (Å²) in [4.78, 5) is 2.34. The van der Waals surface area contributed by atoms with Gasteiger partial charge in [0.1, 0.15) is 13.2 Å². The average molecular weight is 263 g/mol. The van der Waals surface area contributed by atoms with Gasteiger partial charge in [0.05, 0.1) is 11.7 Å². The molecule has 1 aromatic carbocycles. The van der Waals surface area contributed by atoms with Crippen LogP contribution in [-0.2, 0) is 0 Å². The number of piperazine rings is 1. The van der Waals surface area contributed by atoms with E-state index in [1.165, 1.54) is 0 Å². The number of nitrogens with two attached hydrogens (primary N) is 1. The molecule has 0 amide bonds. The number of fused-ring (bicyclic) bond motifs is 1. The number of ether oxygens (including phenoxy) is 2. The molecular weight excluding hydrogens is 242 g/mol. The Morgan fingerprint density at radius 1 is 1.37 bits per heavy atom. The second kappa shape index (κ2) is 5.27. The number of hydrogen-bond acceptors (Lipinski definition) is 5. The summed E-state index contributed by atoms with van der Waals surface area (Å²) < 4.78 is 11.5. The molecule has 2 unspecified atom stereocenters. The first-order valence-corrected chi connectivity index (χ1v) is 6.89. The minimum absolute atomic E-state index is 0.105. The van der Waals surface area contributed by atoms with E-state index in [0.717, 1.165) is 36.8 Å². The maximum absolute atomic E-state index is 6.12.